The maximum Gasteiger partial charge on any atom is 0.269 e. The van der Waals surface area contributed by atoms with E-state index in [0.717, 1.165) is 0 Å². The van der Waals surface area contributed by atoms with Crippen LogP contribution in [-0.2, 0) is 4.79 Å². The molecule has 0 atom stereocenters. The molecule has 0 radical (unpaired) electrons. The molecular weight excluding hydrogens is 392 g/mol. The van der Waals surface area contributed by atoms with Crippen molar-refractivity contribution in [1.29, 1.82) is 0 Å². The Labute approximate surface area is 172 Å². The molecule has 3 N–H and O–H groups in total. The van der Waals surface area contributed by atoms with Crippen LogP contribution < -0.4 is 15.5 Å². The van der Waals surface area contributed by atoms with Gasteiger partial charge in [0, 0.05) is 30.7 Å². The number of hydrazone groups is 1. The lowest BCUT2D eigenvalue weighted by atomic mass is 10.2. The number of phenols is 1. The summed E-state index contributed by atoms with van der Waals surface area (Å²) in [5, 5.41) is 26.8. The standard InChI is InChI=1S/C20H22N4O6/c1-2-30-18-12-14(5-10-17(18)25)13-22-23-19(26)4-3-11-21-20(27)15-6-8-16(9-7-15)24(28)29/h5-10,12-13,25H,2-4,11H2,1H3,(H,21,27)(H,23,26)/b22-13+. The Bertz CT molecular complexity index is 927. The lowest BCUT2D eigenvalue weighted by Crippen LogP contribution is -2.26. The molecule has 10 heteroatoms. The van der Waals surface area contributed by atoms with Crippen LogP contribution in [0.25, 0.3) is 0 Å². The van der Waals surface area contributed by atoms with Gasteiger partial charge in [-0.3, -0.25) is 19.7 Å². The van der Waals surface area contributed by atoms with Crippen LogP contribution in [0.3, 0.4) is 0 Å². The number of nitro groups is 1. The number of nitrogens with one attached hydrogen (secondary N) is 2. The summed E-state index contributed by atoms with van der Waals surface area (Å²) in [6.45, 7) is 2.48. The second-order valence-electron chi connectivity index (χ2n) is 6.12. The first-order valence-electron chi connectivity index (χ1n) is 9.21. The van der Waals surface area contributed by atoms with Crippen LogP contribution in [0.1, 0.15) is 35.7 Å². The van der Waals surface area contributed by atoms with Crippen molar-refractivity contribution in [2.75, 3.05) is 13.2 Å². The number of hydrogen-bond donors (Lipinski definition) is 3. The summed E-state index contributed by atoms with van der Waals surface area (Å²) >= 11 is 0. The van der Waals surface area contributed by atoms with Crippen LogP contribution in [0.2, 0.25) is 0 Å². The number of rotatable bonds is 10. The number of aromatic hydroxyl groups is 1. The Morgan fingerprint density at radius 3 is 2.63 bits per heavy atom. The fourth-order valence-corrected chi connectivity index (χ4v) is 2.40. The monoisotopic (exact) mass is 414 g/mol. The van der Waals surface area contributed by atoms with E-state index in [4.69, 9.17) is 4.74 Å². The molecule has 0 bridgehead atoms. The van der Waals surface area contributed by atoms with Gasteiger partial charge in [0.2, 0.25) is 5.91 Å². The van der Waals surface area contributed by atoms with Gasteiger partial charge in [-0.15, -0.1) is 0 Å². The zero-order chi connectivity index (χ0) is 21.9. The van der Waals surface area contributed by atoms with Gasteiger partial charge in [0.1, 0.15) is 0 Å². The molecule has 0 heterocycles. The van der Waals surface area contributed by atoms with Crippen LogP contribution >= 0.6 is 0 Å². The maximum absolute atomic E-state index is 12.0. The number of benzene rings is 2. The summed E-state index contributed by atoms with van der Waals surface area (Å²) in [7, 11) is 0. The van der Waals surface area contributed by atoms with Crippen molar-refractivity contribution in [2.45, 2.75) is 19.8 Å². The minimum absolute atomic E-state index is 0.0220. The normalized spacial score (nSPS) is 10.6. The minimum Gasteiger partial charge on any atom is -0.504 e. The third kappa shape index (κ3) is 6.89. The quantitative estimate of drug-likeness (QED) is 0.236. The number of carbonyl (C=O) groups is 2. The largest absolute Gasteiger partial charge is 0.504 e. The summed E-state index contributed by atoms with van der Waals surface area (Å²) in [6, 6.07) is 9.95. The lowest BCUT2D eigenvalue weighted by molar-refractivity contribution is -0.384. The first-order chi connectivity index (χ1) is 14.4. The summed E-state index contributed by atoms with van der Waals surface area (Å²) in [4.78, 5) is 33.8. The van der Waals surface area contributed by atoms with E-state index in [-0.39, 0.29) is 36.2 Å². The van der Waals surface area contributed by atoms with E-state index in [2.05, 4.69) is 15.8 Å². The Morgan fingerprint density at radius 1 is 1.23 bits per heavy atom. The molecular formula is C20H22N4O6. The van der Waals surface area contributed by atoms with E-state index >= 15 is 0 Å². The molecule has 0 aliphatic heterocycles. The molecule has 2 rings (SSSR count). The van der Waals surface area contributed by atoms with Gasteiger partial charge < -0.3 is 15.2 Å². The van der Waals surface area contributed by atoms with Crippen molar-refractivity contribution in [1.82, 2.24) is 10.7 Å². The number of phenolic OH excluding ortho intramolecular Hbond substituents is 1. The number of non-ortho nitro benzene ring substituents is 1. The first-order valence-corrected chi connectivity index (χ1v) is 9.21. The van der Waals surface area contributed by atoms with Crippen molar-refractivity contribution in [3.8, 4) is 11.5 Å². The molecule has 0 saturated carbocycles. The molecule has 0 fully saturated rings. The van der Waals surface area contributed by atoms with Gasteiger partial charge in [0.05, 0.1) is 17.7 Å². The predicted octanol–water partition coefficient (Wildman–Crippen LogP) is 2.36. The third-order valence-electron chi connectivity index (χ3n) is 3.89. The molecule has 10 nitrogen and oxygen atoms in total. The smallest absolute Gasteiger partial charge is 0.269 e. The van der Waals surface area contributed by atoms with Gasteiger partial charge in [-0.05, 0) is 49.2 Å². The average molecular weight is 414 g/mol. The molecule has 2 aromatic carbocycles. The van der Waals surface area contributed by atoms with Gasteiger partial charge in [0.25, 0.3) is 11.6 Å². The average Bonchev–Trinajstić information content (AvgIpc) is 2.73. The topological polar surface area (TPSA) is 143 Å². The van der Waals surface area contributed by atoms with Crippen molar-refractivity contribution in [3.05, 3.63) is 63.7 Å². The van der Waals surface area contributed by atoms with Crippen LogP contribution in [0.15, 0.2) is 47.6 Å². The van der Waals surface area contributed by atoms with Gasteiger partial charge in [0.15, 0.2) is 11.5 Å². The molecule has 0 unspecified atom stereocenters. The fraction of sp³-hybridized carbons (Fsp3) is 0.250. The summed E-state index contributed by atoms with van der Waals surface area (Å²) in [5.74, 6) is -0.342. The van der Waals surface area contributed by atoms with Crippen molar-refractivity contribution in [3.63, 3.8) is 0 Å². The van der Waals surface area contributed by atoms with Gasteiger partial charge >= 0.3 is 0 Å². The molecule has 0 saturated heterocycles. The van der Waals surface area contributed by atoms with Crippen molar-refractivity contribution in [2.24, 2.45) is 5.10 Å². The Hall–Kier alpha value is -3.95. The first kappa shape index (κ1) is 22.3. The zero-order valence-corrected chi connectivity index (χ0v) is 16.3. The number of ether oxygens (including phenoxy) is 1. The van der Waals surface area contributed by atoms with E-state index in [0.29, 0.717) is 29.9 Å². The van der Waals surface area contributed by atoms with Gasteiger partial charge in [-0.2, -0.15) is 5.10 Å². The molecule has 2 aromatic rings. The molecule has 30 heavy (non-hydrogen) atoms. The van der Waals surface area contributed by atoms with E-state index < -0.39 is 4.92 Å². The number of nitro benzene ring substituents is 1. The van der Waals surface area contributed by atoms with Crippen molar-refractivity contribution >= 4 is 23.7 Å². The molecule has 0 aliphatic carbocycles. The highest BCUT2D eigenvalue weighted by molar-refractivity contribution is 5.94. The number of hydrogen-bond acceptors (Lipinski definition) is 7. The summed E-state index contributed by atoms with van der Waals surface area (Å²) in [5.41, 5.74) is 3.24. The third-order valence-corrected chi connectivity index (χ3v) is 3.89. The number of carbonyl (C=O) groups excluding carboxylic acids is 2. The second kappa shape index (κ2) is 11.1. The molecule has 0 aliphatic rings. The molecule has 158 valence electrons. The highest BCUT2D eigenvalue weighted by atomic mass is 16.6. The van der Waals surface area contributed by atoms with Crippen LogP contribution in [-0.4, -0.2) is 41.2 Å². The van der Waals surface area contributed by atoms with Gasteiger partial charge in [-0.25, -0.2) is 5.43 Å². The summed E-state index contributed by atoms with van der Waals surface area (Å²) < 4.78 is 5.27. The van der Waals surface area contributed by atoms with E-state index in [1.165, 1.54) is 36.5 Å². The summed E-state index contributed by atoms with van der Waals surface area (Å²) in [6.07, 6.45) is 1.97. The van der Waals surface area contributed by atoms with E-state index in [1.54, 1.807) is 19.1 Å². The van der Waals surface area contributed by atoms with Crippen LogP contribution in [0.5, 0.6) is 11.5 Å². The lowest BCUT2D eigenvalue weighted by Gasteiger charge is -2.06. The molecule has 2 amide bonds. The van der Waals surface area contributed by atoms with Crippen LogP contribution in [0.4, 0.5) is 5.69 Å². The van der Waals surface area contributed by atoms with Crippen LogP contribution in [0, 0.1) is 10.1 Å². The fourth-order valence-electron chi connectivity index (χ4n) is 2.40. The van der Waals surface area contributed by atoms with E-state index in [1.807, 2.05) is 0 Å². The highest BCUT2D eigenvalue weighted by Crippen LogP contribution is 2.26. The number of amides is 2. The Balaban J connectivity index is 1.71. The zero-order valence-electron chi connectivity index (χ0n) is 16.3. The number of nitrogens with zero attached hydrogens (tertiary/aromatic N) is 2. The minimum atomic E-state index is -0.539. The maximum atomic E-state index is 12.0. The molecule has 0 aromatic heterocycles. The van der Waals surface area contributed by atoms with E-state index in [9.17, 15) is 24.8 Å². The predicted molar refractivity (Wildman–Crippen MR) is 110 cm³/mol. The van der Waals surface area contributed by atoms with Gasteiger partial charge in [-0.1, -0.05) is 0 Å². The second-order valence-corrected chi connectivity index (χ2v) is 6.12. The highest BCUT2D eigenvalue weighted by Gasteiger charge is 2.09. The Kier molecular flexibility index (Phi) is 8.30. The molecule has 0 spiro atoms. The SMILES string of the molecule is CCOc1cc(/C=N/NC(=O)CCCNC(=O)c2ccc([N+](=O)[O-])cc2)ccc1O. The van der Waals surface area contributed by atoms with Crippen molar-refractivity contribution < 1.29 is 24.4 Å². The Morgan fingerprint density at radius 2 is 1.97 bits per heavy atom.